The van der Waals surface area contributed by atoms with Crippen LogP contribution < -0.4 is 5.32 Å². The van der Waals surface area contributed by atoms with Gasteiger partial charge in [-0.3, -0.25) is 4.79 Å². The predicted octanol–water partition coefficient (Wildman–Crippen LogP) is 2.11. The second-order valence-corrected chi connectivity index (χ2v) is 3.70. The van der Waals surface area contributed by atoms with Gasteiger partial charge in [0.1, 0.15) is 6.61 Å². The van der Waals surface area contributed by atoms with E-state index in [2.05, 4.69) is 5.32 Å². The first-order chi connectivity index (χ1) is 6.18. The number of rotatable bonds is 4. The summed E-state index contributed by atoms with van der Waals surface area (Å²) in [5.41, 5.74) is 0.836. The number of hydrogen-bond donors (Lipinski definition) is 1. The van der Waals surface area contributed by atoms with E-state index in [1.54, 1.807) is 11.3 Å². The van der Waals surface area contributed by atoms with Gasteiger partial charge in [-0.1, -0.05) is 0 Å². The van der Waals surface area contributed by atoms with Crippen molar-refractivity contribution in [3.05, 3.63) is 16.8 Å². The van der Waals surface area contributed by atoms with E-state index < -0.39 is 0 Å². The third-order valence-electron chi connectivity index (χ3n) is 1.35. The molecule has 72 valence electrons. The van der Waals surface area contributed by atoms with Crippen molar-refractivity contribution in [2.45, 2.75) is 20.0 Å². The van der Waals surface area contributed by atoms with Crippen molar-refractivity contribution in [3.8, 4) is 0 Å². The zero-order valence-corrected chi connectivity index (χ0v) is 8.56. The molecule has 0 spiro atoms. The molecule has 0 saturated carbocycles. The number of carbonyl (C=O) groups excluding carboxylic acids is 1. The molecular formula is C9H13NO2S. The molecule has 0 fully saturated rings. The highest BCUT2D eigenvalue weighted by atomic mass is 32.1. The molecule has 0 atom stereocenters. The summed E-state index contributed by atoms with van der Waals surface area (Å²) in [7, 11) is 0. The maximum Gasteiger partial charge on any atom is 0.250 e. The maximum atomic E-state index is 11.2. The van der Waals surface area contributed by atoms with Gasteiger partial charge in [-0.2, -0.15) is 11.3 Å². The average Bonchev–Trinajstić information content (AvgIpc) is 2.53. The summed E-state index contributed by atoms with van der Waals surface area (Å²) in [5.74, 6) is -0.105. The zero-order valence-electron chi connectivity index (χ0n) is 7.74. The van der Waals surface area contributed by atoms with Gasteiger partial charge >= 0.3 is 0 Å². The number of carbonyl (C=O) groups is 1. The minimum atomic E-state index is -0.105. The minimum absolute atomic E-state index is 0.0909. The van der Waals surface area contributed by atoms with Gasteiger partial charge in [-0.25, -0.2) is 0 Å². The Labute approximate surface area is 81.7 Å². The Balaban J connectivity index is 2.26. The highest BCUT2D eigenvalue weighted by molar-refractivity contribution is 7.08. The van der Waals surface area contributed by atoms with Crippen LogP contribution in [0.3, 0.4) is 0 Å². The lowest BCUT2D eigenvalue weighted by molar-refractivity contribution is -0.121. The molecule has 13 heavy (non-hydrogen) atoms. The van der Waals surface area contributed by atoms with Gasteiger partial charge in [-0.15, -0.1) is 0 Å². The van der Waals surface area contributed by atoms with Crippen LogP contribution in [0.5, 0.6) is 0 Å². The smallest absolute Gasteiger partial charge is 0.250 e. The lowest BCUT2D eigenvalue weighted by atomic mass is 10.4. The molecule has 0 saturated heterocycles. The van der Waals surface area contributed by atoms with Crippen molar-refractivity contribution >= 4 is 22.9 Å². The number of ether oxygens (including phenoxy) is 1. The summed E-state index contributed by atoms with van der Waals surface area (Å²) < 4.78 is 5.14. The largest absolute Gasteiger partial charge is 0.369 e. The van der Waals surface area contributed by atoms with Gasteiger partial charge in [0.2, 0.25) is 5.91 Å². The van der Waals surface area contributed by atoms with E-state index >= 15 is 0 Å². The van der Waals surface area contributed by atoms with Gasteiger partial charge in [0, 0.05) is 5.38 Å². The number of hydrogen-bond acceptors (Lipinski definition) is 3. The quantitative estimate of drug-likeness (QED) is 0.806. The van der Waals surface area contributed by atoms with Gasteiger partial charge in [0.05, 0.1) is 11.8 Å². The van der Waals surface area contributed by atoms with Crippen LogP contribution in [0.25, 0.3) is 0 Å². The lowest BCUT2D eigenvalue weighted by Crippen LogP contribution is -2.20. The molecule has 0 radical (unpaired) electrons. The Kier molecular flexibility index (Phi) is 3.92. The van der Waals surface area contributed by atoms with Crippen LogP contribution in [0.1, 0.15) is 13.8 Å². The molecular weight excluding hydrogens is 186 g/mol. The first-order valence-electron chi connectivity index (χ1n) is 4.12. The van der Waals surface area contributed by atoms with Gasteiger partial charge in [0.25, 0.3) is 0 Å². The van der Waals surface area contributed by atoms with E-state index in [1.807, 2.05) is 30.7 Å². The molecule has 1 amide bonds. The second kappa shape index (κ2) is 4.99. The summed E-state index contributed by atoms with van der Waals surface area (Å²) in [6, 6.07) is 1.86. The van der Waals surface area contributed by atoms with Crippen molar-refractivity contribution in [3.63, 3.8) is 0 Å². The molecule has 1 heterocycles. The van der Waals surface area contributed by atoms with Crippen LogP contribution in [0.4, 0.5) is 5.69 Å². The molecule has 1 aromatic heterocycles. The molecule has 0 bridgehead atoms. The van der Waals surface area contributed by atoms with E-state index in [0.717, 1.165) is 5.69 Å². The highest BCUT2D eigenvalue weighted by Gasteiger charge is 2.03. The van der Waals surface area contributed by atoms with Crippen LogP contribution in [0, 0.1) is 0 Å². The zero-order chi connectivity index (χ0) is 9.68. The number of anilines is 1. The summed E-state index contributed by atoms with van der Waals surface area (Å²) in [5, 5.41) is 6.52. The Bertz CT molecular complexity index is 257. The molecule has 1 aromatic rings. The number of amides is 1. The Hall–Kier alpha value is -0.870. The maximum absolute atomic E-state index is 11.2. The predicted molar refractivity (Wildman–Crippen MR) is 54.0 cm³/mol. The molecule has 4 heteroatoms. The van der Waals surface area contributed by atoms with E-state index in [1.165, 1.54) is 0 Å². The van der Waals surface area contributed by atoms with Crippen molar-refractivity contribution in [1.82, 2.24) is 0 Å². The Morgan fingerprint density at radius 3 is 3.00 bits per heavy atom. The van der Waals surface area contributed by atoms with E-state index in [9.17, 15) is 4.79 Å². The monoisotopic (exact) mass is 199 g/mol. The molecule has 0 aliphatic carbocycles. The van der Waals surface area contributed by atoms with Crippen LogP contribution in [0.2, 0.25) is 0 Å². The SMILES string of the molecule is CC(C)OCC(=O)Nc1ccsc1. The Morgan fingerprint density at radius 2 is 2.46 bits per heavy atom. The lowest BCUT2D eigenvalue weighted by Gasteiger charge is -2.06. The third-order valence-corrected chi connectivity index (χ3v) is 2.04. The Morgan fingerprint density at radius 1 is 1.69 bits per heavy atom. The second-order valence-electron chi connectivity index (χ2n) is 2.92. The van der Waals surface area contributed by atoms with Crippen molar-refractivity contribution in [2.24, 2.45) is 0 Å². The van der Waals surface area contributed by atoms with E-state index in [-0.39, 0.29) is 18.6 Å². The van der Waals surface area contributed by atoms with Gasteiger partial charge in [-0.05, 0) is 25.3 Å². The van der Waals surface area contributed by atoms with E-state index in [4.69, 9.17) is 4.74 Å². The molecule has 3 nitrogen and oxygen atoms in total. The normalized spacial score (nSPS) is 10.4. The number of nitrogens with one attached hydrogen (secondary N) is 1. The molecule has 1 rings (SSSR count). The fraction of sp³-hybridized carbons (Fsp3) is 0.444. The summed E-state index contributed by atoms with van der Waals surface area (Å²) in [4.78, 5) is 11.2. The first-order valence-corrected chi connectivity index (χ1v) is 5.06. The van der Waals surface area contributed by atoms with Crippen LogP contribution >= 0.6 is 11.3 Å². The summed E-state index contributed by atoms with van der Waals surface area (Å²) >= 11 is 1.55. The van der Waals surface area contributed by atoms with Crippen molar-refractivity contribution < 1.29 is 9.53 Å². The minimum Gasteiger partial charge on any atom is -0.369 e. The third kappa shape index (κ3) is 4.05. The van der Waals surface area contributed by atoms with Gasteiger partial charge < -0.3 is 10.1 Å². The van der Waals surface area contributed by atoms with Crippen LogP contribution in [0.15, 0.2) is 16.8 Å². The molecule has 0 unspecified atom stereocenters. The van der Waals surface area contributed by atoms with Crippen LogP contribution in [-0.4, -0.2) is 18.6 Å². The van der Waals surface area contributed by atoms with Crippen LogP contribution in [-0.2, 0) is 9.53 Å². The first kappa shape index (κ1) is 10.2. The fourth-order valence-electron chi connectivity index (χ4n) is 0.775. The molecule has 0 aliphatic rings. The molecule has 0 aromatic carbocycles. The average molecular weight is 199 g/mol. The van der Waals surface area contributed by atoms with Crippen molar-refractivity contribution in [2.75, 3.05) is 11.9 Å². The standard InChI is InChI=1S/C9H13NO2S/c1-7(2)12-5-9(11)10-8-3-4-13-6-8/h3-4,6-7H,5H2,1-2H3,(H,10,11). The van der Waals surface area contributed by atoms with Crippen molar-refractivity contribution in [1.29, 1.82) is 0 Å². The molecule has 0 aliphatic heterocycles. The summed E-state index contributed by atoms with van der Waals surface area (Å²) in [6.07, 6.45) is 0.0909. The highest BCUT2D eigenvalue weighted by Crippen LogP contribution is 2.11. The topological polar surface area (TPSA) is 38.3 Å². The molecule has 1 N–H and O–H groups in total. The van der Waals surface area contributed by atoms with E-state index in [0.29, 0.717) is 0 Å². The number of thiophene rings is 1. The summed E-state index contributed by atoms with van der Waals surface area (Å²) in [6.45, 7) is 3.92. The van der Waals surface area contributed by atoms with Gasteiger partial charge in [0.15, 0.2) is 0 Å². The fourth-order valence-corrected chi connectivity index (χ4v) is 1.36.